The summed E-state index contributed by atoms with van der Waals surface area (Å²) in [4.78, 5) is 7.22. The van der Waals surface area contributed by atoms with Gasteiger partial charge in [-0.25, -0.2) is 4.98 Å². The van der Waals surface area contributed by atoms with Gasteiger partial charge in [-0.15, -0.1) is 0 Å². The van der Waals surface area contributed by atoms with Crippen molar-refractivity contribution in [3.8, 4) is 11.1 Å². The fourth-order valence-corrected chi connectivity index (χ4v) is 4.22. The van der Waals surface area contributed by atoms with Gasteiger partial charge in [-0.05, 0) is 68.6 Å². The summed E-state index contributed by atoms with van der Waals surface area (Å²) in [5.74, 6) is 1.76. The third-order valence-corrected chi connectivity index (χ3v) is 5.65. The summed E-state index contributed by atoms with van der Waals surface area (Å²) in [7, 11) is 0. The van der Waals surface area contributed by atoms with Crippen LogP contribution in [0.3, 0.4) is 0 Å². The molecule has 0 amide bonds. The predicted octanol–water partition coefficient (Wildman–Crippen LogP) is 4.30. The summed E-state index contributed by atoms with van der Waals surface area (Å²) in [6.07, 6.45) is 4.55. The largest absolute Gasteiger partial charge is 0.365 e. The van der Waals surface area contributed by atoms with Gasteiger partial charge in [-0.3, -0.25) is 4.90 Å². The minimum Gasteiger partial charge on any atom is -0.365 e. The molecule has 2 atom stereocenters. The predicted molar refractivity (Wildman–Crippen MR) is 95.9 cm³/mol. The molecule has 4 heteroatoms. The van der Waals surface area contributed by atoms with Crippen molar-refractivity contribution >= 4 is 17.4 Å². The molecule has 3 fully saturated rings. The van der Waals surface area contributed by atoms with Crippen LogP contribution in [0.1, 0.15) is 19.8 Å². The standard InChI is InChI=1S/C19H22ClN3/c1-13-19(14-7-9-23(13)10-8-14)22-18-6-5-16(12-21-18)15-3-2-4-17(20)11-15/h2-6,11-14,19H,7-10H2,1H3,(H,21,22)/t13-,19+/m1/s1. The topological polar surface area (TPSA) is 28.2 Å². The second-order valence-electron chi connectivity index (χ2n) is 6.73. The van der Waals surface area contributed by atoms with Crippen molar-refractivity contribution < 1.29 is 0 Å². The third kappa shape index (κ3) is 2.96. The first kappa shape index (κ1) is 15.0. The highest BCUT2D eigenvalue weighted by Gasteiger charge is 2.39. The lowest BCUT2D eigenvalue weighted by atomic mass is 9.79. The number of nitrogens with one attached hydrogen (secondary N) is 1. The van der Waals surface area contributed by atoms with Gasteiger partial charge in [0.25, 0.3) is 0 Å². The number of anilines is 1. The Labute approximate surface area is 142 Å². The van der Waals surface area contributed by atoms with Crippen LogP contribution in [0.15, 0.2) is 42.6 Å². The van der Waals surface area contributed by atoms with E-state index in [-0.39, 0.29) is 0 Å². The van der Waals surface area contributed by atoms with Gasteiger partial charge in [-0.2, -0.15) is 0 Å². The van der Waals surface area contributed by atoms with Crippen molar-refractivity contribution in [3.05, 3.63) is 47.6 Å². The summed E-state index contributed by atoms with van der Waals surface area (Å²) in [6.45, 7) is 4.85. The second kappa shape index (κ2) is 6.14. The molecule has 1 N–H and O–H groups in total. The summed E-state index contributed by atoms with van der Waals surface area (Å²) in [6, 6.07) is 13.2. The molecule has 2 bridgehead atoms. The van der Waals surface area contributed by atoms with E-state index < -0.39 is 0 Å². The van der Waals surface area contributed by atoms with Crippen LogP contribution in [0.5, 0.6) is 0 Å². The second-order valence-corrected chi connectivity index (χ2v) is 7.16. The number of halogens is 1. The molecule has 1 aromatic heterocycles. The van der Waals surface area contributed by atoms with E-state index in [0.29, 0.717) is 12.1 Å². The molecule has 0 unspecified atom stereocenters. The molecular formula is C19H22ClN3. The molecule has 3 nitrogen and oxygen atoms in total. The van der Waals surface area contributed by atoms with Gasteiger partial charge < -0.3 is 5.32 Å². The van der Waals surface area contributed by atoms with Gasteiger partial charge in [0.1, 0.15) is 5.82 Å². The van der Waals surface area contributed by atoms with Crippen molar-refractivity contribution in [3.63, 3.8) is 0 Å². The summed E-state index contributed by atoms with van der Waals surface area (Å²) >= 11 is 6.07. The average Bonchev–Trinajstić information content (AvgIpc) is 2.59. The Morgan fingerprint density at radius 1 is 1.13 bits per heavy atom. The van der Waals surface area contributed by atoms with E-state index in [1.165, 1.54) is 25.9 Å². The first-order chi connectivity index (χ1) is 11.2. The highest BCUT2D eigenvalue weighted by molar-refractivity contribution is 6.30. The number of fused-ring (bicyclic) bond motifs is 3. The Morgan fingerprint density at radius 3 is 2.61 bits per heavy atom. The zero-order valence-electron chi connectivity index (χ0n) is 13.4. The van der Waals surface area contributed by atoms with Gasteiger partial charge in [0, 0.05) is 28.9 Å². The lowest BCUT2D eigenvalue weighted by Crippen LogP contribution is -2.59. The van der Waals surface area contributed by atoms with Crippen LogP contribution < -0.4 is 5.32 Å². The average molecular weight is 328 g/mol. The van der Waals surface area contributed by atoms with E-state index in [2.05, 4.69) is 40.3 Å². The maximum absolute atomic E-state index is 6.07. The monoisotopic (exact) mass is 327 g/mol. The fraction of sp³-hybridized carbons (Fsp3) is 0.421. The van der Waals surface area contributed by atoms with Crippen LogP contribution in [-0.2, 0) is 0 Å². The van der Waals surface area contributed by atoms with Crippen LogP contribution in [0.2, 0.25) is 5.02 Å². The van der Waals surface area contributed by atoms with Crippen LogP contribution >= 0.6 is 11.6 Å². The molecule has 0 aliphatic carbocycles. The van der Waals surface area contributed by atoms with Crippen molar-refractivity contribution in [2.75, 3.05) is 18.4 Å². The van der Waals surface area contributed by atoms with Gasteiger partial charge in [0.2, 0.25) is 0 Å². The first-order valence-electron chi connectivity index (χ1n) is 8.43. The number of aromatic nitrogens is 1. The third-order valence-electron chi connectivity index (χ3n) is 5.41. The van der Waals surface area contributed by atoms with E-state index in [9.17, 15) is 0 Å². The molecule has 3 aliphatic rings. The number of pyridine rings is 1. The zero-order chi connectivity index (χ0) is 15.8. The molecule has 0 saturated carbocycles. The van der Waals surface area contributed by atoms with E-state index in [1.807, 2.05) is 24.4 Å². The number of benzene rings is 1. The Bertz CT molecular complexity index is 675. The van der Waals surface area contributed by atoms with Crippen LogP contribution in [0.4, 0.5) is 5.82 Å². The molecule has 120 valence electrons. The van der Waals surface area contributed by atoms with Crippen molar-refractivity contribution in [2.24, 2.45) is 5.92 Å². The summed E-state index contributed by atoms with van der Waals surface area (Å²) in [5.41, 5.74) is 2.20. The highest BCUT2D eigenvalue weighted by atomic mass is 35.5. The summed E-state index contributed by atoms with van der Waals surface area (Å²) < 4.78 is 0. The number of hydrogen-bond acceptors (Lipinski definition) is 3. The molecule has 0 spiro atoms. The number of piperidine rings is 3. The lowest BCUT2D eigenvalue weighted by Gasteiger charge is -2.50. The van der Waals surface area contributed by atoms with Gasteiger partial charge in [0.15, 0.2) is 0 Å². The number of nitrogens with zero attached hydrogens (tertiary/aromatic N) is 2. The first-order valence-corrected chi connectivity index (χ1v) is 8.81. The molecule has 1 aromatic carbocycles. The smallest absolute Gasteiger partial charge is 0.126 e. The van der Waals surface area contributed by atoms with Crippen molar-refractivity contribution in [2.45, 2.75) is 31.8 Å². The van der Waals surface area contributed by atoms with Gasteiger partial charge in [-0.1, -0.05) is 23.7 Å². The van der Waals surface area contributed by atoms with E-state index in [0.717, 1.165) is 27.9 Å². The highest BCUT2D eigenvalue weighted by Crippen LogP contribution is 2.34. The molecule has 0 radical (unpaired) electrons. The molecular weight excluding hydrogens is 306 g/mol. The molecule has 2 aromatic rings. The van der Waals surface area contributed by atoms with Crippen LogP contribution in [0, 0.1) is 5.92 Å². The van der Waals surface area contributed by atoms with Crippen molar-refractivity contribution in [1.82, 2.24) is 9.88 Å². The lowest BCUT2D eigenvalue weighted by molar-refractivity contribution is 0.0457. The van der Waals surface area contributed by atoms with Crippen LogP contribution in [-0.4, -0.2) is 35.1 Å². The fourth-order valence-electron chi connectivity index (χ4n) is 4.03. The van der Waals surface area contributed by atoms with Gasteiger partial charge >= 0.3 is 0 Å². The number of hydrogen-bond donors (Lipinski definition) is 1. The SMILES string of the molecule is C[C@@H]1[C@H](Nc2ccc(-c3cccc(Cl)c3)cn2)C2CCN1CC2. The maximum Gasteiger partial charge on any atom is 0.126 e. The van der Waals surface area contributed by atoms with Crippen LogP contribution in [0.25, 0.3) is 11.1 Å². The molecule has 3 saturated heterocycles. The van der Waals surface area contributed by atoms with Gasteiger partial charge in [0.05, 0.1) is 0 Å². The van der Waals surface area contributed by atoms with E-state index in [4.69, 9.17) is 11.6 Å². The van der Waals surface area contributed by atoms with E-state index >= 15 is 0 Å². The summed E-state index contributed by atoms with van der Waals surface area (Å²) in [5, 5.41) is 4.43. The van der Waals surface area contributed by atoms with E-state index in [1.54, 1.807) is 0 Å². The molecule has 4 heterocycles. The Hall–Kier alpha value is -1.58. The maximum atomic E-state index is 6.07. The minimum absolute atomic E-state index is 0.516. The number of rotatable bonds is 3. The minimum atomic E-state index is 0.516. The molecule has 3 aliphatic heterocycles. The normalized spacial score (nSPS) is 29.5. The Morgan fingerprint density at radius 2 is 1.96 bits per heavy atom. The quantitative estimate of drug-likeness (QED) is 0.911. The van der Waals surface area contributed by atoms with Crippen molar-refractivity contribution in [1.29, 1.82) is 0 Å². The zero-order valence-corrected chi connectivity index (χ0v) is 14.1. The molecule has 23 heavy (non-hydrogen) atoms. The Kier molecular flexibility index (Phi) is 4.00. The molecule has 5 rings (SSSR count). The Balaban J connectivity index is 1.50.